The van der Waals surface area contributed by atoms with E-state index in [9.17, 15) is 25.9 Å². The van der Waals surface area contributed by atoms with Crippen molar-refractivity contribution < 1.29 is 65.0 Å². The summed E-state index contributed by atoms with van der Waals surface area (Å²) in [4.78, 5) is 4.15. The molecule has 4 rings (SSSR count). The molecule has 2 saturated heterocycles. The predicted molar refractivity (Wildman–Crippen MR) is 146 cm³/mol. The molecular formula is C25H38Cl2N2NaO8S2-. The first-order valence-corrected chi connectivity index (χ1v) is 17.8. The number of allylic oxidation sites excluding steroid dienone is 2. The molecule has 4 aliphatic rings. The number of fused-ring (bicyclic) bond motifs is 2. The number of alkyl halides is 2. The van der Waals surface area contributed by atoms with E-state index in [2.05, 4.69) is 4.90 Å². The van der Waals surface area contributed by atoms with Gasteiger partial charge in [0.15, 0.2) is 5.88 Å². The van der Waals surface area contributed by atoms with Crippen LogP contribution in [0.5, 0.6) is 0 Å². The van der Waals surface area contributed by atoms with E-state index in [0.717, 1.165) is 37.7 Å². The van der Waals surface area contributed by atoms with Crippen LogP contribution in [0.25, 0.3) is 0 Å². The van der Waals surface area contributed by atoms with Gasteiger partial charge < -0.3 is 23.5 Å². The fourth-order valence-corrected chi connectivity index (χ4v) is 7.79. The zero-order valence-corrected chi connectivity index (χ0v) is 28.3. The van der Waals surface area contributed by atoms with E-state index in [1.807, 2.05) is 24.0 Å². The Kier molecular flexibility index (Phi) is 13.0. The summed E-state index contributed by atoms with van der Waals surface area (Å²) in [6, 6.07) is 0.0520. The topological polar surface area (TPSA) is 139 Å². The van der Waals surface area contributed by atoms with E-state index < -0.39 is 38.0 Å². The largest absolute Gasteiger partial charge is 1.00 e. The maximum atomic E-state index is 11.2. The van der Waals surface area contributed by atoms with Crippen LogP contribution in [0.4, 0.5) is 0 Å². The van der Waals surface area contributed by atoms with Gasteiger partial charge in [-0.3, -0.25) is 4.90 Å². The summed E-state index contributed by atoms with van der Waals surface area (Å²) < 4.78 is 79.9. The molecule has 224 valence electrons. The molecule has 2 aliphatic carbocycles. The van der Waals surface area contributed by atoms with Gasteiger partial charge in [0, 0.05) is 47.5 Å². The Morgan fingerprint density at radius 2 is 1.50 bits per heavy atom. The quantitative estimate of drug-likeness (QED) is 0.171. The Morgan fingerprint density at radius 1 is 0.925 bits per heavy atom. The van der Waals surface area contributed by atoms with Crippen molar-refractivity contribution in [2.45, 2.75) is 106 Å². The predicted octanol–water partition coefficient (Wildman–Crippen LogP) is 0.0863. The second-order valence-electron chi connectivity index (χ2n) is 10.9. The first-order chi connectivity index (χ1) is 18.3. The standard InChI is InChI=1S/C25H40Cl2N2O8S2.Na/c1-2-17(13-24-28(9-3-11-38(30,31)32)20-15-18(26)5-7-22(20)36-24)14-25-29(10-4-12-39(33,34)35)21-16-19(27)6-8-23(21)37-25;/h13-14,18-24H,2-12,15-16H2,1H3,(H,30,31,32)(H,33,34,35);/q;+1/p-2. The monoisotopic (exact) mass is 651 g/mol. The minimum absolute atomic E-state index is 0. The van der Waals surface area contributed by atoms with Gasteiger partial charge in [0.25, 0.3) is 0 Å². The van der Waals surface area contributed by atoms with Crippen LogP contribution in [-0.2, 0) is 29.7 Å². The van der Waals surface area contributed by atoms with Gasteiger partial charge in [-0.2, -0.15) is 0 Å². The van der Waals surface area contributed by atoms with Crippen LogP contribution in [0.1, 0.15) is 64.7 Å². The Hall–Kier alpha value is 0.400. The van der Waals surface area contributed by atoms with E-state index in [1.165, 1.54) is 0 Å². The van der Waals surface area contributed by atoms with Crippen molar-refractivity contribution in [3.05, 3.63) is 23.6 Å². The Morgan fingerprint density at radius 3 is 2.10 bits per heavy atom. The van der Waals surface area contributed by atoms with Gasteiger partial charge in [0.1, 0.15) is 12.3 Å². The SMILES string of the molecule is CCC(=CC1OC2CCC(Cl)CC2N1CCCS(=O)(=O)[O-])C=C1OC2CCC(Cl)CC2N1CCCS(=O)(=O)[O-].[Na+]. The van der Waals surface area contributed by atoms with Crippen molar-refractivity contribution >= 4 is 43.4 Å². The third kappa shape index (κ3) is 9.70. The minimum atomic E-state index is -4.32. The van der Waals surface area contributed by atoms with Crippen molar-refractivity contribution in [1.82, 2.24) is 9.80 Å². The molecule has 0 N–H and O–H groups in total. The summed E-state index contributed by atoms with van der Waals surface area (Å²) in [5.74, 6) is -0.241. The Balaban J connectivity index is 0.00000441. The molecule has 0 aromatic heterocycles. The average molecular weight is 653 g/mol. The maximum Gasteiger partial charge on any atom is 1.00 e. The van der Waals surface area contributed by atoms with E-state index in [-0.39, 0.29) is 77.4 Å². The molecule has 2 heterocycles. The number of hydrogen-bond acceptors (Lipinski definition) is 10. The maximum absolute atomic E-state index is 11.2. The van der Waals surface area contributed by atoms with E-state index >= 15 is 0 Å². The third-order valence-corrected chi connectivity index (χ3v) is 10.5. The molecule has 10 nitrogen and oxygen atoms in total. The zero-order chi connectivity index (χ0) is 28.4. The van der Waals surface area contributed by atoms with Crippen molar-refractivity contribution in [2.24, 2.45) is 0 Å². The molecule has 4 fully saturated rings. The van der Waals surface area contributed by atoms with E-state index in [0.29, 0.717) is 31.8 Å². The zero-order valence-electron chi connectivity index (χ0n) is 23.1. The molecule has 0 aromatic carbocycles. The molecule has 0 aromatic rings. The van der Waals surface area contributed by atoms with Crippen LogP contribution in [0, 0.1) is 0 Å². The van der Waals surface area contributed by atoms with Crippen LogP contribution >= 0.6 is 23.2 Å². The number of halogens is 2. The smallest absolute Gasteiger partial charge is 0.748 e. The molecular weight excluding hydrogens is 614 g/mol. The number of ether oxygens (including phenoxy) is 2. The normalized spacial score (nSPS) is 34.3. The van der Waals surface area contributed by atoms with Crippen LogP contribution in [0.2, 0.25) is 0 Å². The molecule has 7 unspecified atom stereocenters. The molecule has 2 aliphatic heterocycles. The molecule has 0 spiro atoms. The van der Waals surface area contributed by atoms with Crippen LogP contribution in [0.15, 0.2) is 23.6 Å². The van der Waals surface area contributed by atoms with Gasteiger partial charge in [0.2, 0.25) is 0 Å². The summed E-state index contributed by atoms with van der Waals surface area (Å²) in [5, 5.41) is 0.0252. The van der Waals surface area contributed by atoms with Crippen molar-refractivity contribution in [2.75, 3.05) is 24.6 Å². The van der Waals surface area contributed by atoms with E-state index in [1.54, 1.807) is 0 Å². The van der Waals surface area contributed by atoms with Crippen LogP contribution < -0.4 is 29.6 Å². The molecule has 7 atom stereocenters. The Labute approximate surface area is 270 Å². The first-order valence-electron chi connectivity index (χ1n) is 13.7. The number of nitrogens with zero attached hydrogens (tertiary/aromatic N) is 2. The fraction of sp³-hybridized carbons (Fsp3) is 0.840. The minimum Gasteiger partial charge on any atom is -0.748 e. The van der Waals surface area contributed by atoms with E-state index in [4.69, 9.17) is 32.7 Å². The summed E-state index contributed by atoms with van der Waals surface area (Å²) >= 11 is 12.9. The number of rotatable bonds is 11. The average Bonchev–Trinajstić information content (AvgIpc) is 3.34. The molecule has 0 amide bonds. The van der Waals surface area contributed by atoms with Gasteiger partial charge in [0.05, 0.1) is 32.4 Å². The van der Waals surface area contributed by atoms with Crippen molar-refractivity contribution in [3.8, 4) is 0 Å². The van der Waals surface area contributed by atoms with Crippen LogP contribution in [-0.4, -0.2) is 102 Å². The van der Waals surface area contributed by atoms with Gasteiger partial charge in [-0.25, -0.2) is 16.8 Å². The van der Waals surface area contributed by atoms with Gasteiger partial charge in [-0.1, -0.05) is 6.92 Å². The van der Waals surface area contributed by atoms with Crippen LogP contribution in [0.3, 0.4) is 0 Å². The summed E-state index contributed by atoms with van der Waals surface area (Å²) in [6.07, 6.45) is 9.28. The Bertz CT molecular complexity index is 1140. The molecule has 0 radical (unpaired) electrons. The third-order valence-electron chi connectivity index (χ3n) is 8.08. The molecule has 0 bridgehead atoms. The van der Waals surface area contributed by atoms with Gasteiger partial charge in [-0.05, 0) is 69.4 Å². The number of hydrogen-bond donors (Lipinski definition) is 0. The second-order valence-corrected chi connectivity index (χ2v) is 15.2. The second kappa shape index (κ2) is 14.9. The summed E-state index contributed by atoms with van der Waals surface area (Å²) in [5.41, 5.74) is 0.944. The summed E-state index contributed by atoms with van der Waals surface area (Å²) in [6.45, 7) is 2.78. The first kappa shape index (κ1) is 34.9. The molecule has 40 heavy (non-hydrogen) atoms. The fourth-order valence-electron chi connectivity index (χ4n) is 6.21. The van der Waals surface area contributed by atoms with Crippen molar-refractivity contribution in [1.29, 1.82) is 0 Å². The molecule has 15 heteroatoms. The van der Waals surface area contributed by atoms with Crippen molar-refractivity contribution in [3.63, 3.8) is 0 Å². The summed E-state index contributed by atoms with van der Waals surface area (Å²) in [7, 11) is -8.63. The molecule has 2 saturated carbocycles. The van der Waals surface area contributed by atoms with Gasteiger partial charge in [-0.15, -0.1) is 23.2 Å². The van der Waals surface area contributed by atoms with Gasteiger partial charge >= 0.3 is 29.6 Å².